The van der Waals surface area contributed by atoms with Crippen LogP contribution in [0.25, 0.3) is 0 Å². The largest absolute Gasteiger partial charge is 0.459 e. The highest BCUT2D eigenvalue weighted by atomic mass is 32.2. The summed E-state index contributed by atoms with van der Waals surface area (Å²) in [7, 11) is -3.63. The molecule has 0 bridgehead atoms. The van der Waals surface area contributed by atoms with E-state index >= 15 is 0 Å². The number of nitrogens with zero attached hydrogens (tertiary/aromatic N) is 1. The number of nitrogens with one attached hydrogen (secondary N) is 2. The topological polar surface area (TPSA) is 109 Å². The van der Waals surface area contributed by atoms with Gasteiger partial charge in [-0.15, -0.1) is 0 Å². The van der Waals surface area contributed by atoms with Crippen LogP contribution in [0.15, 0.2) is 52.0 Å². The highest BCUT2D eigenvalue weighted by molar-refractivity contribution is 7.89. The van der Waals surface area contributed by atoms with Gasteiger partial charge in [0.15, 0.2) is 5.76 Å². The molecule has 2 aromatic rings. The lowest BCUT2D eigenvalue weighted by molar-refractivity contribution is -0.124. The van der Waals surface area contributed by atoms with Gasteiger partial charge in [-0.3, -0.25) is 9.59 Å². The Bertz CT molecular complexity index is 923. The van der Waals surface area contributed by atoms with Crippen molar-refractivity contribution in [3.63, 3.8) is 0 Å². The van der Waals surface area contributed by atoms with Crippen molar-refractivity contribution in [1.29, 1.82) is 0 Å². The van der Waals surface area contributed by atoms with Crippen molar-refractivity contribution in [1.82, 2.24) is 14.9 Å². The molecule has 0 unspecified atom stereocenters. The normalized spacial score (nSPS) is 16.9. The Morgan fingerprint density at radius 2 is 1.93 bits per heavy atom. The van der Waals surface area contributed by atoms with E-state index in [1.165, 1.54) is 23.3 Å². The smallest absolute Gasteiger partial charge is 0.290 e. The molecule has 3 rings (SSSR count). The predicted molar refractivity (Wildman–Crippen MR) is 102 cm³/mol. The van der Waals surface area contributed by atoms with Crippen LogP contribution in [0, 0.1) is 6.92 Å². The SMILES string of the molecule is Cc1ccc(S(=O)(=O)NCCNC(=O)[C@@H]2CCCN2C(=O)c2ccco2)cc1. The number of sulfonamides is 1. The van der Waals surface area contributed by atoms with E-state index in [9.17, 15) is 18.0 Å². The van der Waals surface area contributed by atoms with Crippen molar-refractivity contribution in [2.75, 3.05) is 19.6 Å². The quantitative estimate of drug-likeness (QED) is 0.675. The number of amides is 2. The minimum atomic E-state index is -3.63. The van der Waals surface area contributed by atoms with Gasteiger partial charge in [-0.25, -0.2) is 13.1 Å². The summed E-state index contributed by atoms with van der Waals surface area (Å²) >= 11 is 0. The fourth-order valence-corrected chi connectivity index (χ4v) is 4.15. The first-order valence-corrected chi connectivity index (χ1v) is 10.6. The third kappa shape index (κ3) is 4.60. The summed E-state index contributed by atoms with van der Waals surface area (Å²) in [6.07, 6.45) is 2.70. The molecule has 2 heterocycles. The fourth-order valence-electron chi connectivity index (χ4n) is 3.11. The Morgan fingerprint density at radius 1 is 1.18 bits per heavy atom. The molecule has 0 saturated carbocycles. The zero-order valence-electron chi connectivity index (χ0n) is 15.6. The number of rotatable bonds is 7. The minimum absolute atomic E-state index is 0.0563. The van der Waals surface area contributed by atoms with Gasteiger partial charge in [0.2, 0.25) is 15.9 Å². The molecule has 1 aromatic carbocycles. The average molecular weight is 405 g/mol. The van der Waals surface area contributed by atoms with E-state index in [0.29, 0.717) is 13.0 Å². The summed E-state index contributed by atoms with van der Waals surface area (Å²) in [5.41, 5.74) is 0.969. The van der Waals surface area contributed by atoms with E-state index in [2.05, 4.69) is 10.0 Å². The highest BCUT2D eigenvalue weighted by Crippen LogP contribution is 2.20. The lowest BCUT2D eigenvalue weighted by atomic mass is 10.2. The third-order valence-electron chi connectivity index (χ3n) is 4.60. The van der Waals surface area contributed by atoms with Crippen molar-refractivity contribution in [3.05, 3.63) is 54.0 Å². The summed E-state index contributed by atoms with van der Waals surface area (Å²) in [5, 5.41) is 2.70. The maximum atomic E-state index is 12.4. The fraction of sp³-hybridized carbons (Fsp3) is 0.368. The number of carbonyl (C=O) groups is 2. The standard InChI is InChI=1S/C19H23N3O5S/c1-14-6-8-15(9-7-14)28(25,26)21-11-10-20-18(23)16-4-2-12-22(16)19(24)17-5-3-13-27-17/h3,5-9,13,16,21H,2,4,10-12H2,1H3,(H,20,23)/t16-/m0/s1. The molecule has 1 aromatic heterocycles. The van der Waals surface area contributed by atoms with Crippen LogP contribution in [0.4, 0.5) is 0 Å². The van der Waals surface area contributed by atoms with Crippen LogP contribution in [0.1, 0.15) is 29.0 Å². The van der Waals surface area contributed by atoms with Gasteiger partial charge < -0.3 is 14.6 Å². The number of furan rings is 1. The van der Waals surface area contributed by atoms with Crippen LogP contribution in [0.3, 0.4) is 0 Å². The number of hydrogen-bond donors (Lipinski definition) is 2. The first-order valence-electron chi connectivity index (χ1n) is 9.07. The van der Waals surface area contributed by atoms with Gasteiger partial charge in [0.1, 0.15) is 6.04 Å². The Balaban J connectivity index is 1.50. The van der Waals surface area contributed by atoms with Gasteiger partial charge in [0.25, 0.3) is 5.91 Å². The lowest BCUT2D eigenvalue weighted by Gasteiger charge is -2.23. The van der Waals surface area contributed by atoms with E-state index in [1.54, 1.807) is 24.3 Å². The third-order valence-corrected chi connectivity index (χ3v) is 6.07. The molecule has 1 fully saturated rings. The number of benzene rings is 1. The molecule has 0 spiro atoms. The van der Waals surface area contributed by atoms with Crippen LogP contribution in [0.5, 0.6) is 0 Å². The second-order valence-corrected chi connectivity index (χ2v) is 8.40. The summed E-state index contributed by atoms with van der Waals surface area (Å²) < 4.78 is 32.0. The Labute approximate surface area is 164 Å². The van der Waals surface area contributed by atoms with Gasteiger partial charge in [-0.1, -0.05) is 17.7 Å². The molecule has 150 valence electrons. The van der Waals surface area contributed by atoms with Crippen molar-refractivity contribution in [3.8, 4) is 0 Å². The molecule has 0 aliphatic carbocycles. The minimum Gasteiger partial charge on any atom is -0.459 e. The molecule has 28 heavy (non-hydrogen) atoms. The van der Waals surface area contributed by atoms with Crippen molar-refractivity contribution >= 4 is 21.8 Å². The summed E-state index contributed by atoms with van der Waals surface area (Å²) in [5.74, 6) is -0.416. The molecule has 1 aliphatic heterocycles. The zero-order valence-corrected chi connectivity index (χ0v) is 16.4. The van der Waals surface area contributed by atoms with E-state index in [1.807, 2.05) is 6.92 Å². The molecule has 2 amide bonds. The molecule has 1 aliphatic rings. The lowest BCUT2D eigenvalue weighted by Crippen LogP contribution is -2.47. The van der Waals surface area contributed by atoms with Gasteiger partial charge in [-0.05, 0) is 44.0 Å². The van der Waals surface area contributed by atoms with Crippen molar-refractivity contribution < 1.29 is 22.4 Å². The highest BCUT2D eigenvalue weighted by Gasteiger charge is 2.35. The van der Waals surface area contributed by atoms with E-state index in [-0.39, 0.29) is 35.6 Å². The van der Waals surface area contributed by atoms with Crippen LogP contribution in [0.2, 0.25) is 0 Å². The summed E-state index contributed by atoms with van der Waals surface area (Å²) in [6.45, 7) is 2.55. The number of aryl methyl sites for hydroxylation is 1. The second kappa shape index (κ2) is 8.57. The van der Waals surface area contributed by atoms with Gasteiger partial charge in [0.05, 0.1) is 11.2 Å². The molecule has 1 atom stereocenters. The Morgan fingerprint density at radius 3 is 2.61 bits per heavy atom. The van der Waals surface area contributed by atoms with Crippen LogP contribution in [-0.4, -0.2) is 50.8 Å². The van der Waals surface area contributed by atoms with Crippen LogP contribution in [-0.2, 0) is 14.8 Å². The summed E-state index contributed by atoms with van der Waals surface area (Å²) in [6, 6.07) is 9.13. The maximum absolute atomic E-state index is 12.4. The number of hydrogen-bond acceptors (Lipinski definition) is 5. The maximum Gasteiger partial charge on any atom is 0.290 e. The molecule has 0 radical (unpaired) electrons. The van der Waals surface area contributed by atoms with Gasteiger partial charge in [-0.2, -0.15) is 0 Å². The monoisotopic (exact) mass is 405 g/mol. The van der Waals surface area contributed by atoms with Crippen LogP contribution >= 0.6 is 0 Å². The van der Waals surface area contributed by atoms with Crippen molar-refractivity contribution in [2.45, 2.75) is 30.7 Å². The first-order chi connectivity index (χ1) is 13.4. The average Bonchev–Trinajstić information content (AvgIpc) is 3.36. The number of carbonyl (C=O) groups excluding carboxylic acids is 2. The molecular weight excluding hydrogens is 382 g/mol. The van der Waals surface area contributed by atoms with Crippen molar-refractivity contribution in [2.24, 2.45) is 0 Å². The van der Waals surface area contributed by atoms with E-state index < -0.39 is 16.1 Å². The zero-order chi connectivity index (χ0) is 20.1. The second-order valence-electron chi connectivity index (χ2n) is 6.64. The molecule has 9 heteroatoms. The Hall–Kier alpha value is -2.65. The summed E-state index contributed by atoms with van der Waals surface area (Å²) in [4.78, 5) is 26.5. The van der Waals surface area contributed by atoms with E-state index in [0.717, 1.165) is 12.0 Å². The number of likely N-dealkylation sites (tertiary alicyclic amines) is 1. The molecule has 1 saturated heterocycles. The van der Waals surface area contributed by atoms with Gasteiger partial charge >= 0.3 is 0 Å². The molecule has 2 N–H and O–H groups in total. The predicted octanol–water partition coefficient (Wildman–Crippen LogP) is 1.29. The van der Waals surface area contributed by atoms with Crippen LogP contribution < -0.4 is 10.0 Å². The first kappa shape index (κ1) is 20.1. The molecule has 8 nitrogen and oxygen atoms in total. The Kier molecular flexibility index (Phi) is 6.15. The molecular formula is C19H23N3O5S. The van der Waals surface area contributed by atoms with E-state index in [4.69, 9.17) is 4.42 Å². The van der Waals surface area contributed by atoms with Gasteiger partial charge in [0, 0.05) is 19.6 Å².